The first-order chi connectivity index (χ1) is 12.4. The number of nitrogens with zero attached hydrogens (tertiary/aromatic N) is 4. The normalized spacial score (nSPS) is 12.2. The fourth-order valence-electron chi connectivity index (χ4n) is 2.69. The Morgan fingerprint density at radius 2 is 1.96 bits per heavy atom. The number of nitrogens with one attached hydrogen (secondary N) is 1. The van der Waals surface area contributed by atoms with Gasteiger partial charge in [0.05, 0.1) is 22.4 Å². The van der Waals surface area contributed by atoms with Gasteiger partial charge in [0, 0.05) is 6.20 Å². The van der Waals surface area contributed by atoms with Crippen LogP contribution in [0, 0.1) is 13.8 Å². The number of hydrogen-bond donors (Lipinski definition) is 1. The summed E-state index contributed by atoms with van der Waals surface area (Å²) in [6.07, 6.45) is 1.70. The van der Waals surface area contributed by atoms with Crippen LogP contribution in [-0.4, -0.2) is 25.5 Å². The predicted molar refractivity (Wildman–Crippen MR) is 106 cm³/mol. The van der Waals surface area contributed by atoms with Crippen molar-refractivity contribution in [2.45, 2.75) is 33.4 Å². The van der Waals surface area contributed by atoms with Crippen molar-refractivity contribution < 1.29 is 4.79 Å². The lowest BCUT2D eigenvalue weighted by atomic mass is 10.2. The van der Waals surface area contributed by atoms with Gasteiger partial charge in [0.1, 0.15) is 11.1 Å². The number of rotatable bonds is 5. The van der Waals surface area contributed by atoms with Crippen molar-refractivity contribution in [1.29, 1.82) is 0 Å². The van der Waals surface area contributed by atoms with Crippen LogP contribution in [0.3, 0.4) is 0 Å². The van der Waals surface area contributed by atoms with Gasteiger partial charge in [-0.2, -0.15) is 10.2 Å². The molecule has 2 heterocycles. The Morgan fingerprint density at radius 3 is 2.58 bits per heavy atom. The molecular weight excluding hydrogens is 418 g/mol. The van der Waals surface area contributed by atoms with Gasteiger partial charge in [-0.05, 0) is 42.3 Å². The standard InChI is InChI=1S/C18H19BrClN5O/c1-11-16(19)12(2)25(22-11)13(3)18(26)21-17-15(20)10-24(23-17)9-14-7-5-4-6-8-14/h4-8,10,13H,9H2,1-3H3,(H,21,23,26). The van der Waals surface area contributed by atoms with Gasteiger partial charge in [0.15, 0.2) is 5.82 Å². The van der Waals surface area contributed by atoms with Crippen molar-refractivity contribution in [1.82, 2.24) is 19.6 Å². The molecule has 1 aromatic carbocycles. The Balaban J connectivity index is 1.74. The summed E-state index contributed by atoms with van der Waals surface area (Å²) in [7, 11) is 0. The predicted octanol–water partition coefficient (Wildman–Crippen LogP) is 4.36. The van der Waals surface area contributed by atoms with E-state index in [1.807, 2.05) is 44.2 Å². The lowest BCUT2D eigenvalue weighted by molar-refractivity contribution is -0.119. The van der Waals surface area contributed by atoms with Gasteiger partial charge < -0.3 is 5.32 Å². The molecule has 0 aliphatic carbocycles. The Bertz CT molecular complexity index is 935. The van der Waals surface area contributed by atoms with Crippen molar-refractivity contribution in [3.05, 3.63) is 63.0 Å². The molecule has 1 atom stereocenters. The molecule has 1 unspecified atom stereocenters. The largest absolute Gasteiger partial charge is 0.306 e. The summed E-state index contributed by atoms with van der Waals surface area (Å²) in [5.74, 6) is 0.120. The van der Waals surface area contributed by atoms with Crippen LogP contribution in [0.25, 0.3) is 0 Å². The van der Waals surface area contributed by atoms with E-state index in [1.165, 1.54) is 0 Å². The van der Waals surface area contributed by atoms with Gasteiger partial charge in [0.2, 0.25) is 5.91 Å². The van der Waals surface area contributed by atoms with Gasteiger partial charge in [-0.25, -0.2) is 0 Å². The van der Waals surface area contributed by atoms with Gasteiger partial charge in [0.25, 0.3) is 0 Å². The van der Waals surface area contributed by atoms with Crippen LogP contribution in [0.1, 0.15) is 29.9 Å². The number of halogens is 2. The minimum atomic E-state index is -0.490. The second kappa shape index (κ2) is 7.63. The summed E-state index contributed by atoms with van der Waals surface area (Å²) in [6, 6.07) is 9.43. The van der Waals surface area contributed by atoms with Crippen molar-refractivity contribution in [3.8, 4) is 0 Å². The van der Waals surface area contributed by atoms with E-state index in [0.29, 0.717) is 17.4 Å². The van der Waals surface area contributed by atoms with Gasteiger partial charge in [-0.1, -0.05) is 41.9 Å². The van der Waals surface area contributed by atoms with E-state index >= 15 is 0 Å². The van der Waals surface area contributed by atoms with Gasteiger partial charge in [-0.15, -0.1) is 0 Å². The molecule has 1 amide bonds. The van der Waals surface area contributed by atoms with E-state index < -0.39 is 6.04 Å². The number of carbonyl (C=O) groups is 1. The zero-order valence-electron chi connectivity index (χ0n) is 14.7. The van der Waals surface area contributed by atoms with Crippen LogP contribution < -0.4 is 5.32 Å². The Labute approximate surface area is 165 Å². The van der Waals surface area contributed by atoms with Crippen molar-refractivity contribution in [2.75, 3.05) is 5.32 Å². The Kier molecular flexibility index (Phi) is 5.48. The molecule has 0 spiro atoms. The summed E-state index contributed by atoms with van der Waals surface area (Å²) in [5, 5.41) is 12.0. The highest BCUT2D eigenvalue weighted by Crippen LogP contribution is 2.25. The number of aryl methyl sites for hydroxylation is 1. The quantitative estimate of drug-likeness (QED) is 0.646. The highest BCUT2D eigenvalue weighted by molar-refractivity contribution is 9.10. The van der Waals surface area contributed by atoms with Crippen LogP contribution in [0.2, 0.25) is 5.02 Å². The summed E-state index contributed by atoms with van der Waals surface area (Å²) >= 11 is 9.72. The molecule has 6 nitrogen and oxygen atoms in total. The number of benzene rings is 1. The topological polar surface area (TPSA) is 64.7 Å². The minimum absolute atomic E-state index is 0.227. The van der Waals surface area contributed by atoms with Crippen LogP contribution in [0.15, 0.2) is 41.0 Å². The van der Waals surface area contributed by atoms with Crippen molar-refractivity contribution >= 4 is 39.3 Å². The smallest absolute Gasteiger partial charge is 0.250 e. The van der Waals surface area contributed by atoms with Crippen LogP contribution in [-0.2, 0) is 11.3 Å². The molecule has 26 heavy (non-hydrogen) atoms. The number of aromatic nitrogens is 4. The second-order valence-corrected chi connectivity index (χ2v) is 7.30. The molecule has 0 aliphatic rings. The average Bonchev–Trinajstić information content (AvgIpc) is 3.09. The van der Waals surface area contributed by atoms with E-state index in [1.54, 1.807) is 22.5 Å². The van der Waals surface area contributed by atoms with E-state index in [-0.39, 0.29) is 5.91 Å². The van der Waals surface area contributed by atoms with Gasteiger partial charge in [-0.3, -0.25) is 14.2 Å². The zero-order valence-corrected chi connectivity index (χ0v) is 17.0. The fraction of sp³-hybridized carbons (Fsp3) is 0.278. The second-order valence-electron chi connectivity index (χ2n) is 6.10. The third-order valence-electron chi connectivity index (χ3n) is 4.13. The Hall–Kier alpha value is -2.12. The molecule has 0 radical (unpaired) electrons. The molecule has 3 aromatic rings. The molecule has 2 aromatic heterocycles. The van der Waals surface area contributed by atoms with Crippen molar-refractivity contribution in [2.24, 2.45) is 0 Å². The van der Waals surface area contributed by atoms with E-state index in [9.17, 15) is 4.79 Å². The first-order valence-electron chi connectivity index (χ1n) is 8.15. The summed E-state index contributed by atoms with van der Waals surface area (Å²) < 4.78 is 4.30. The molecule has 0 aliphatic heterocycles. The summed E-state index contributed by atoms with van der Waals surface area (Å²) in [4.78, 5) is 12.6. The fourth-order valence-corrected chi connectivity index (χ4v) is 3.14. The third kappa shape index (κ3) is 3.83. The highest BCUT2D eigenvalue weighted by atomic mass is 79.9. The van der Waals surface area contributed by atoms with Crippen LogP contribution in [0.5, 0.6) is 0 Å². The number of anilines is 1. The van der Waals surface area contributed by atoms with Crippen LogP contribution >= 0.6 is 27.5 Å². The monoisotopic (exact) mass is 435 g/mol. The molecule has 0 saturated carbocycles. The maximum absolute atomic E-state index is 12.6. The maximum atomic E-state index is 12.6. The molecule has 136 valence electrons. The van der Waals surface area contributed by atoms with Gasteiger partial charge >= 0.3 is 0 Å². The number of amides is 1. The SMILES string of the molecule is Cc1nn(C(C)C(=O)Nc2nn(Cc3ccccc3)cc2Cl)c(C)c1Br. The zero-order chi connectivity index (χ0) is 18.8. The lowest BCUT2D eigenvalue weighted by Crippen LogP contribution is -2.25. The molecule has 1 N–H and O–H groups in total. The first-order valence-corrected chi connectivity index (χ1v) is 9.33. The first kappa shape index (κ1) is 18.7. The Morgan fingerprint density at radius 1 is 1.27 bits per heavy atom. The molecule has 0 fully saturated rings. The molecule has 3 rings (SSSR count). The van der Waals surface area contributed by atoms with E-state index in [0.717, 1.165) is 21.4 Å². The van der Waals surface area contributed by atoms with Crippen LogP contribution in [0.4, 0.5) is 5.82 Å². The third-order valence-corrected chi connectivity index (χ3v) is 5.55. The molecular formula is C18H19BrClN5O. The maximum Gasteiger partial charge on any atom is 0.250 e. The number of carbonyl (C=O) groups excluding carboxylic acids is 1. The number of hydrogen-bond acceptors (Lipinski definition) is 3. The summed E-state index contributed by atoms with van der Waals surface area (Å²) in [5.41, 5.74) is 2.84. The molecule has 8 heteroatoms. The van der Waals surface area contributed by atoms with E-state index in [4.69, 9.17) is 11.6 Å². The highest BCUT2D eigenvalue weighted by Gasteiger charge is 2.22. The van der Waals surface area contributed by atoms with Crippen molar-refractivity contribution in [3.63, 3.8) is 0 Å². The summed E-state index contributed by atoms with van der Waals surface area (Å²) in [6.45, 7) is 6.17. The minimum Gasteiger partial charge on any atom is -0.306 e. The molecule has 0 saturated heterocycles. The van der Waals surface area contributed by atoms with E-state index in [2.05, 4.69) is 31.4 Å². The average molecular weight is 437 g/mol. The lowest BCUT2D eigenvalue weighted by Gasteiger charge is -2.13. The molecule has 0 bridgehead atoms.